The van der Waals surface area contributed by atoms with E-state index in [2.05, 4.69) is 5.32 Å². The molecule has 1 aliphatic rings. The molecule has 0 unspecified atom stereocenters. The van der Waals surface area contributed by atoms with Crippen molar-refractivity contribution in [1.82, 2.24) is 9.80 Å². The van der Waals surface area contributed by atoms with Crippen molar-refractivity contribution in [3.8, 4) is 5.75 Å². The van der Waals surface area contributed by atoms with E-state index >= 15 is 0 Å². The zero-order chi connectivity index (χ0) is 21.7. The van der Waals surface area contributed by atoms with Crippen LogP contribution in [0.2, 0.25) is 10.0 Å². The van der Waals surface area contributed by atoms with Crippen LogP contribution in [0.4, 0.5) is 5.69 Å². The number of halogens is 2. The summed E-state index contributed by atoms with van der Waals surface area (Å²) in [5.41, 5.74) is 2.96. The molecule has 0 saturated carbocycles. The van der Waals surface area contributed by atoms with E-state index in [1.165, 1.54) is 0 Å². The summed E-state index contributed by atoms with van der Waals surface area (Å²) in [4.78, 5) is 28.6. The average molecular weight is 450 g/mol. The number of para-hydroxylation sites is 1. The zero-order valence-corrected chi connectivity index (χ0v) is 18.6. The van der Waals surface area contributed by atoms with Crippen molar-refractivity contribution in [3.05, 3.63) is 57.6 Å². The monoisotopic (exact) mass is 449 g/mol. The Kier molecular flexibility index (Phi) is 7.58. The van der Waals surface area contributed by atoms with Crippen LogP contribution in [0.15, 0.2) is 36.4 Å². The highest BCUT2D eigenvalue weighted by Gasteiger charge is 2.23. The van der Waals surface area contributed by atoms with Gasteiger partial charge in [-0.1, -0.05) is 41.4 Å². The molecule has 8 heteroatoms. The second kappa shape index (κ2) is 10.2. The predicted octanol–water partition coefficient (Wildman–Crippen LogP) is 3.77. The number of amides is 2. The minimum absolute atomic E-state index is 0.0462. The van der Waals surface area contributed by atoms with Gasteiger partial charge in [0.15, 0.2) is 6.61 Å². The summed E-state index contributed by atoms with van der Waals surface area (Å²) >= 11 is 11.8. The molecule has 160 valence electrons. The standard InChI is InChI=1S/C22H25Cl2N3O3/c1-15-4-3-5-16(2)22(15)25-20(28)13-26-8-10-27(11-9-26)21(29)14-30-17-6-7-18(23)19(24)12-17/h3-7,12H,8-11,13-14H2,1-2H3,(H,25,28). The summed E-state index contributed by atoms with van der Waals surface area (Å²) in [6.07, 6.45) is 0. The van der Waals surface area contributed by atoms with Crippen LogP contribution in [0.3, 0.4) is 0 Å². The summed E-state index contributed by atoms with van der Waals surface area (Å²) in [5, 5.41) is 3.83. The van der Waals surface area contributed by atoms with E-state index in [0.717, 1.165) is 16.8 Å². The number of hydrogen-bond donors (Lipinski definition) is 1. The average Bonchev–Trinajstić information content (AvgIpc) is 2.72. The van der Waals surface area contributed by atoms with Crippen molar-refractivity contribution in [1.29, 1.82) is 0 Å². The van der Waals surface area contributed by atoms with E-state index in [4.69, 9.17) is 27.9 Å². The molecular weight excluding hydrogens is 425 g/mol. The highest BCUT2D eigenvalue weighted by molar-refractivity contribution is 6.42. The summed E-state index contributed by atoms with van der Waals surface area (Å²) in [5.74, 6) is 0.357. The third-order valence-corrected chi connectivity index (χ3v) is 5.83. The van der Waals surface area contributed by atoms with E-state index in [1.54, 1.807) is 23.1 Å². The first-order chi connectivity index (χ1) is 14.3. The van der Waals surface area contributed by atoms with Crippen LogP contribution in [-0.2, 0) is 9.59 Å². The van der Waals surface area contributed by atoms with E-state index < -0.39 is 0 Å². The summed E-state index contributed by atoms with van der Waals surface area (Å²) in [6, 6.07) is 10.8. The molecule has 2 aromatic rings. The summed E-state index contributed by atoms with van der Waals surface area (Å²) in [6.45, 7) is 6.58. The highest BCUT2D eigenvalue weighted by Crippen LogP contribution is 2.26. The Bertz CT molecular complexity index is 908. The van der Waals surface area contributed by atoms with E-state index in [1.807, 2.05) is 36.9 Å². The van der Waals surface area contributed by atoms with Gasteiger partial charge in [-0.05, 0) is 37.1 Å². The number of hydrogen-bond acceptors (Lipinski definition) is 4. The Labute approximate surface area is 186 Å². The van der Waals surface area contributed by atoms with Gasteiger partial charge in [-0.3, -0.25) is 14.5 Å². The van der Waals surface area contributed by atoms with Crippen LogP contribution in [0, 0.1) is 13.8 Å². The lowest BCUT2D eigenvalue weighted by Gasteiger charge is -2.34. The molecule has 0 atom stereocenters. The number of ether oxygens (including phenoxy) is 1. The molecule has 1 heterocycles. The normalized spacial score (nSPS) is 14.5. The van der Waals surface area contributed by atoms with Crippen LogP contribution in [-0.4, -0.2) is 60.9 Å². The Morgan fingerprint density at radius 3 is 2.30 bits per heavy atom. The lowest BCUT2D eigenvalue weighted by molar-refractivity contribution is -0.135. The largest absolute Gasteiger partial charge is 0.484 e. The molecule has 0 aliphatic carbocycles. The van der Waals surface area contributed by atoms with Crippen molar-refractivity contribution in [2.75, 3.05) is 44.6 Å². The van der Waals surface area contributed by atoms with Gasteiger partial charge in [-0.15, -0.1) is 0 Å². The molecule has 1 saturated heterocycles. The molecule has 0 bridgehead atoms. The Morgan fingerprint density at radius 1 is 1.00 bits per heavy atom. The van der Waals surface area contributed by atoms with Crippen LogP contribution in [0.25, 0.3) is 0 Å². The fourth-order valence-corrected chi connectivity index (χ4v) is 3.64. The third-order valence-electron chi connectivity index (χ3n) is 5.09. The molecule has 0 spiro atoms. The molecular formula is C22H25Cl2N3O3. The van der Waals surface area contributed by atoms with Gasteiger partial charge in [0.25, 0.3) is 5.91 Å². The van der Waals surface area contributed by atoms with Gasteiger partial charge < -0.3 is 15.0 Å². The molecule has 30 heavy (non-hydrogen) atoms. The first kappa shape index (κ1) is 22.4. The minimum atomic E-state index is -0.0966. The molecule has 0 radical (unpaired) electrons. The molecule has 3 rings (SSSR count). The first-order valence-electron chi connectivity index (χ1n) is 9.77. The Hall–Kier alpha value is -2.28. The van der Waals surface area contributed by atoms with Gasteiger partial charge in [-0.25, -0.2) is 0 Å². The van der Waals surface area contributed by atoms with E-state index in [-0.39, 0.29) is 18.4 Å². The van der Waals surface area contributed by atoms with Gasteiger partial charge in [-0.2, -0.15) is 0 Å². The lowest BCUT2D eigenvalue weighted by Crippen LogP contribution is -2.51. The number of piperazine rings is 1. The number of nitrogens with zero attached hydrogens (tertiary/aromatic N) is 2. The zero-order valence-electron chi connectivity index (χ0n) is 17.1. The van der Waals surface area contributed by atoms with E-state index in [9.17, 15) is 9.59 Å². The molecule has 6 nitrogen and oxygen atoms in total. The molecule has 1 N–H and O–H groups in total. The van der Waals surface area contributed by atoms with Gasteiger partial charge in [0, 0.05) is 37.9 Å². The van der Waals surface area contributed by atoms with Crippen molar-refractivity contribution in [2.45, 2.75) is 13.8 Å². The Balaban J connectivity index is 1.43. The summed E-state index contributed by atoms with van der Waals surface area (Å²) in [7, 11) is 0. The number of benzene rings is 2. The first-order valence-corrected chi connectivity index (χ1v) is 10.5. The van der Waals surface area contributed by atoms with Crippen molar-refractivity contribution in [2.24, 2.45) is 0 Å². The van der Waals surface area contributed by atoms with E-state index in [0.29, 0.717) is 48.5 Å². The van der Waals surface area contributed by atoms with Gasteiger partial charge >= 0.3 is 0 Å². The predicted molar refractivity (Wildman–Crippen MR) is 120 cm³/mol. The van der Waals surface area contributed by atoms with Crippen molar-refractivity contribution >= 4 is 40.7 Å². The SMILES string of the molecule is Cc1cccc(C)c1NC(=O)CN1CCN(C(=O)COc2ccc(Cl)c(Cl)c2)CC1. The quantitative estimate of drug-likeness (QED) is 0.728. The minimum Gasteiger partial charge on any atom is -0.484 e. The topological polar surface area (TPSA) is 61.9 Å². The maximum atomic E-state index is 12.4. The second-order valence-electron chi connectivity index (χ2n) is 7.34. The number of carbonyl (C=O) groups is 2. The molecule has 2 aromatic carbocycles. The maximum Gasteiger partial charge on any atom is 0.260 e. The Morgan fingerprint density at radius 2 is 1.67 bits per heavy atom. The molecule has 0 aromatic heterocycles. The number of aryl methyl sites for hydroxylation is 2. The number of carbonyl (C=O) groups excluding carboxylic acids is 2. The van der Waals surface area contributed by atoms with Crippen molar-refractivity contribution in [3.63, 3.8) is 0 Å². The van der Waals surface area contributed by atoms with Crippen LogP contribution < -0.4 is 10.1 Å². The highest BCUT2D eigenvalue weighted by atomic mass is 35.5. The number of anilines is 1. The smallest absolute Gasteiger partial charge is 0.260 e. The summed E-state index contributed by atoms with van der Waals surface area (Å²) < 4.78 is 5.52. The molecule has 1 aliphatic heterocycles. The second-order valence-corrected chi connectivity index (χ2v) is 8.15. The molecule has 2 amide bonds. The third kappa shape index (κ3) is 5.88. The molecule has 1 fully saturated rings. The van der Waals surface area contributed by atoms with Gasteiger partial charge in [0.05, 0.1) is 16.6 Å². The van der Waals surface area contributed by atoms with Gasteiger partial charge in [0.1, 0.15) is 5.75 Å². The van der Waals surface area contributed by atoms with Crippen molar-refractivity contribution < 1.29 is 14.3 Å². The van der Waals surface area contributed by atoms with Crippen LogP contribution in [0.5, 0.6) is 5.75 Å². The van der Waals surface area contributed by atoms with Crippen LogP contribution in [0.1, 0.15) is 11.1 Å². The number of nitrogens with one attached hydrogen (secondary N) is 1. The fourth-order valence-electron chi connectivity index (χ4n) is 3.35. The lowest BCUT2D eigenvalue weighted by atomic mass is 10.1. The van der Waals surface area contributed by atoms with Crippen LogP contribution >= 0.6 is 23.2 Å². The number of rotatable bonds is 6. The van der Waals surface area contributed by atoms with Gasteiger partial charge in [0.2, 0.25) is 5.91 Å². The maximum absolute atomic E-state index is 12.4. The fraction of sp³-hybridized carbons (Fsp3) is 0.364.